The van der Waals surface area contributed by atoms with E-state index in [1.165, 1.54) is 167 Å². The van der Waals surface area contributed by atoms with Gasteiger partial charge in [-0.25, -0.2) is 0 Å². The maximum atomic E-state index is 12.9. The maximum absolute atomic E-state index is 12.9. The van der Waals surface area contributed by atoms with Crippen LogP contribution in [0.15, 0.2) is 72.9 Å². The SMILES string of the molecule is CC/C=C\C/C=C\C/C=C\C/C=C\CCCCCCCCCCCCC(=O)OCC(COC(=O)CCCCCCC/C=C\CCCC)OC(=O)CCCCCCCCC/C=C\CCCCCCCCC. The van der Waals surface area contributed by atoms with Crippen molar-refractivity contribution in [2.45, 2.75) is 303 Å². The normalized spacial score (nSPS) is 12.6. The number of ether oxygens (including phenoxy) is 3. The Morgan fingerprint density at radius 1 is 0.300 bits per heavy atom. The Kier molecular flexibility index (Phi) is 55.8. The first-order valence-corrected chi connectivity index (χ1v) is 29.9. The minimum absolute atomic E-state index is 0.0809. The molecular formula is C64H112O6. The molecule has 0 aliphatic rings. The second kappa shape index (κ2) is 58.4. The molecule has 6 heteroatoms. The zero-order valence-electron chi connectivity index (χ0n) is 46.3. The van der Waals surface area contributed by atoms with Crippen molar-refractivity contribution in [3.05, 3.63) is 72.9 Å². The monoisotopic (exact) mass is 977 g/mol. The quantitative estimate of drug-likeness (QED) is 0.0261. The molecule has 0 spiro atoms. The fourth-order valence-electron chi connectivity index (χ4n) is 8.41. The summed E-state index contributed by atoms with van der Waals surface area (Å²) in [5.74, 6) is -0.889. The van der Waals surface area contributed by atoms with Gasteiger partial charge in [0.25, 0.3) is 0 Å². The van der Waals surface area contributed by atoms with Gasteiger partial charge in [0.1, 0.15) is 13.2 Å². The van der Waals surface area contributed by atoms with Crippen molar-refractivity contribution < 1.29 is 28.6 Å². The summed E-state index contributed by atoms with van der Waals surface area (Å²) in [6, 6.07) is 0. The number of carbonyl (C=O) groups excluding carboxylic acids is 3. The van der Waals surface area contributed by atoms with E-state index in [2.05, 4.69) is 93.7 Å². The van der Waals surface area contributed by atoms with E-state index in [-0.39, 0.29) is 31.1 Å². The molecule has 404 valence electrons. The van der Waals surface area contributed by atoms with Gasteiger partial charge in [0, 0.05) is 19.3 Å². The van der Waals surface area contributed by atoms with Crippen molar-refractivity contribution in [3.8, 4) is 0 Å². The van der Waals surface area contributed by atoms with Crippen molar-refractivity contribution in [3.63, 3.8) is 0 Å². The van der Waals surface area contributed by atoms with E-state index >= 15 is 0 Å². The molecule has 0 aromatic rings. The van der Waals surface area contributed by atoms with E-state index < -0.39 is 6.10 Å². The van der Waals surface area contributed by atoms with E-state index in [1.54, 1.807) is 0 Å². The first-order valence-electron chi connectivity index (χ1n) is 29.9. The lowest BCUT2D eigenvalue weighted by Gasteiger charge is -2.18. The second-order valence-corrected chi connectivity index (χ2v) is 19.9. The van der Waals surface area contributed by atoms with Crippen molar-refractivity contribution in [1.82, 2.24) is 0 Å². The molecule has 0 aromatic carbocycles. The van der Waals surface area contributed by atoms with E-state index in [0.717, 1.165) is 89.9 Å². The number of hydrogen-bond acceptors (Lipinski definition) is 6. The molecule has 0 bridgehead atoms. The summed E-state index contributed by atoms with van der Waals surface area (Å²) < 4.78 is 16.9. The Morgan fingerprint density at radius 2 is 0.571 bits per heavy atom. The molecule has 0 rings (SSSR count). The van der Waals surface area contributed by atoms with Crippen LogP contribution in [0.5, 0.6) is 0 Å². The smallest absolute Gasteiger partial charge is 0.306 e. The van der Waals surface area contributed by atoms with Crippen LogP contribution in [0.2, 0.25) is 0 Å². The van der Waals surface area contributed by atoms with Gasteiger partial charge in [0.05, 0.1) is 0 Å². The maximum Gasteiger partial charge on any atom is 0.306 e. The molecular weight excluding hydrogens is 865 g/mol. The van der Waals surface area contributed by atoms with Crippen LogP contribution < -0.4 is 0 Å². The average Bonchev–Trinajstić information content (AvgIpc) is 3.36. The lowest BCUT2D eigenvalue weighted by Crippen LogP contribution is -2.30. The molecule has 0 aliphatic carbocycles. The molecule has 0 saturated heterocycles. The number of unbranched alkanes of at least 4 members (excludes halogenated alkanes) is 31. The Morgan fingerprint density at radius 3 is 0.929 bits per heavy atom. The molecule has 6 nitrogen and oxygen atoms in total. The van der Waals surface area contributed by atoms with E-state index in [0.29, 0.717) is 19.3 Å². The zero-order chi connectivity index (χ0) is 50.7. The highest BCUT2D eigenvalue weighted by atomic mass is 16.6. The molecule has 0 radical (unpaired) electrons. The third-order valence-corrected chi connectivity index (χ3v) is 12.9. The summed E-state index contributed by atoms with van der Waals surface area (Å²) in [6.45, 7) is 6.50. The minimum atomic E-state index is -0.782. The van der Waals surface area contributed by atoms with Gasteiger partial charge in [0.15, 0.2) is 6.10 Å². The number of allylic oxidation sites excluding steroid dienone is 12. The van der Waals surface area contributed by atoms with Gasteiger partial charge in [-0.1, -0.05) is 248 Å². The van der Waals surface area contributed by atoms with Crippen LogP contribution in [0.3, 0.4) is 0 Å². The van der Waals surface area contributed by atoms with Crippen LogP contribution in [-0.2, 0) is 28.6 Å². The first kappa shape index (κ1) is 66.9. The summed E-state index contributed by atoms with van der Waals surface area (Å²) >= 11 is 0. The van der Waals surface area contributed by atoms with Crippen LogP contribution >= 0.6 is 0 Å². The highest BCUT2D eigenvalue weighted by molar-refractivity contribution is 5.71. The third-order valence-electron chi connectivity index (χ3n) is 12.9. The Balaban J connectivity index is 4.30. The molecule has 0 heterocycles. The van der Waals surface area contributed by atoms with Gasteiger partial charge in [0.2, 0.25) is 0 Å². The highest BCUT2D eigenvalue weighted by Gasteiger charge is 2.19. The van der Waals surface area contributed by atoms with Crippen molar-refractivity contribution >= 4 is 17.9 Å². The van der Waals surface area contributed by atoms with Gasteiger partial charge in [-0.15, -0.1) is 0 Å². The molecule has 0 aliphatic heterocycles. The number of carbonyl (C=O) groups is 3. The summed E-state index contributed by atoms with van der Waals surface area (Å²) in [6.07, 6.45) is 74.7. The second-order valence-electron chi connectivity index (χ2n) is 19.9. The van der Waals surface area contributed by atoms with E-state index in [1.807, 2.05) is 0 Å². The van der Waals surface area contributed by atoms with Crippen molar-refractivity contribution in [2.24, 2.45) is 0 Å². The summed E-state index contributed by atoms with van der Waals surface area (Å²) in [5, 5.41) is 0. The van der Waals surface area contributed by atoms with Crippen LogP contribution in [0.25, 0.3) is 0 Å². The topological polar surface area (TPSA) is 78.9 Å². The van der Waals surface area contributed by atoms with Crippen molar-refractivity contribution in [1.29, 1.82) is 0 Å². The fourth-order valence-corrected chi connectivity index (χ4v) is 8.41. The predicted octanol–water partition coefficient (Wildman–Crippen LogP) is 20.2. The van der Waals surface area contributed by atoms with Crippen LogP contribution in [0.1, 0.15) is 297 Å². The third kappa shape index (κ3) is 55.8. The van der Waals surface area contributed by atoms with E-state index in [4.69, 9.17) is 14.2 Å². The van der Waals surface area contributed by atoms with Gasteiger partial charge >= 0.3 is 17.9 Å². The van der Waals surface area contributed by atoms with Gasteiger partial charge in [-0.05, 0) is 103 Å². The zero-order valence-corrected chi connectivity index (χ0v) is 46.3. The molecule has 1 unspecified atom stereocenters. The summed E-state index contributed by atoms with van der Waals surface area (Å²) in [4.78, 5) is 38.2. The van der Waals surface area contributed by atoms with Crippen LogP contribution in [0, 0.1) is 0 Å². The number of hydrogen-bond donors (Lipinski definition) is 0. The molecule has 0 amide bonds. The van der Waals surface area contributed by atoms with Crippen molar-refractivity contribution in [2.75, 3.05) is 13.2 Å². The first-order chi connectivity index (χ1) is 34.5. The molecule has 0 saturated carbocycles. The molecule has 0 fully saturated rings. The van der Waals surface area contributed by atoms with Crippen LogP contribution in [0.4, 0.5) is 0 Å². The van der Waals surface area contributed by atoms with Gasteiger partial charge in [-0.3, -0.25) is 14.4 Å². The molecule has 1 atom stereocenters. The molecule has 0 N–H and O–H groups in total. The fraction of sp³-hybridized carbons (Fsp3) is 0.766. The largest absolute Gasteiger partial charge is 0.462 e. The molecule has 0 aromatic heterocycles. The predicted molar refractivity (Wildman–Crippen MR) is 302 cm³/mol. The summed E-state index contributed by atoms with van der Waals surface area (Å²) in [7, 11) is 0. The van der Waals surface area contributed by atoms with Crippen LogP contribution in [-0.4, -0.2) is 37.2 Å². The Bertz CT molecular complexity index is 1310. The number of esters is 3. The molecule has 70 heavy (non-hydrogen) atoms. The van der Waals surface area contributed by atoms with E-state index in [9.17, 15) is 14.4 Å². The number of rotatable bonds is 54. The Labute approximate surface area is 433 Å². The Hall–Kier alpha value is -3.15. The summed E-state index contributed by atoms with van der Waals surface area (Å²) in [5.41, 5.74) is 0. The lowest BCUT2D eigenvalue weighted by molar-refractivity contribution is -0.167. The highest BCUT2D eigenvalue weighted by Crippen LogP contribution is 2.16. The van der Waals surface area contributed by atoms with Gasteiger partial charge in [-0.2, -0.15) is 0 Å². The lowest BCUT2D eigenvalue weighted by atomic mass is 10.1. The standard InChI is InChI=1S/C64H112O6/c1-4-7-10-13-16-19-22-24-26-28-30-31-32-33-34-36-37-39-42-45-48-51-54-57-63(66)69-60-61(59-68-62(65)56-53-50-47-44-41-21-18-15-12-9-6-3)70-64(67)58-55-52-49-46-43-40-38-35-29-27-25-23-20-17-14-11-8-5-2/h7,10,15-16,18-19,24,26-27,29-31,61H,4-6,8-9,11-14,17,20-23,25,28,32-60H2,1-3H3/b10-7-,18-15-,19-16-,26-24-,29-27-,31-30-. The minimum Gasteiger partial charge on any atom is -0.462 e. The average molecular weight is 978 g/mol. The van der Waals surface area contributed by atoms with Gasteiger partial charge < -0.3 is 14.2 Å².